The van der Waals surface area contributed by atoms with Crippen molar-refractivity contribution in [2.75, 3.05) is 28.4 Å². The maximum Gasteiger partial charge on any atom is 0.276 e. The summed E-state index contributed by atoms with van der Waals surface area (Å²) in [5.74, 6) is 2.21. The maximum atomic E-state index is 13.6. The van der Waals surface area contributed by atoms with E-state index in [1.165, 1.54) is 5.01 Å². The first-order valence-corrected chi connectivity index (χ1v) is 11.0. The van der Waals surface area contributed by atoms with E-state index in [0.29, 0.717) is 45.7 Å². The van der Waals surface area contributed by atoms with Crippen molar-refractivity contribution in [2.45, 2.75) is 12.5 Å². The normalized spacial score (nSPS) is 15.0. The van der Waals surface area contributed by atoms with Gasteiger partial charge in [0.05, 0.1) is 50.8 Å². The van der Waals surface area contributed by atoms with Gasteiger partial charge in [-0.25, -0.2) is 5.01 Å². The third kappa shape index (κ3) is 4.52. The Balaban J connectivity index is 1.82. The molecule has 0 fully saturated rings. The summed E-state index contributed by atoms with van der Waals surface area (Å²) in [7, 11) is 6.36. The van der Waals surface area contributed by atoms with E-state index in [9.17, 15) is 4.79 Å². The van der Waals surface area contributed by atoms with E-state index in [0.717, 1.165) is 11.1 Å². The minimum Gasteiger partial charge on any atom is -0.497 e. The van der Waals surface area contributed by atoms with Crippen LogP contribution in [0.3, 0.4) is 0 Å². The minimum atomic E-state index is -0.420. The summed E-state index contributed by atoms with van der Waals surface area (Å²) in [6.07, 6.45) is 0.454. The zero-order valence-electron chi connectivity index (χ0n) is 19.4. The molecule has 1 amide bonds. The lowest BCUT2D eigenvalue weighted by atomic mass is 9.97. The molecule has 1 heterocycles. The lowest BCUT2D eigenvalue weighted by Crippen LogP contribution is -2.27. The Bertz CT molecular complexity index is 1220. The Labute approximate surface area is 203 Å². The van der Waals surface area contributed by atoms with Gasteiger partial charge in [0, 0.05) is 29.7 Å². The summed E-state index contributed by atoms with van der Waals surface area (Å²) >= 11 is 6.35. The zero-order valence-corrected chi connectivity index (χ0v) is 20.1. The number of amides is 1. The predicted octanol–water partition coefficient (Wildman–Crippen LogP) is 5.37. The van der Waals surface area contributed by atoms with Crippen molar-refractivity contribution in [3.63, 3.8) is 0 Å². The molecule has 4 rings (SSSR count). The van der Waals surface area contributed by atoms with Gasteiger partial charge in [-0.05, 0) is 36.4 Å². The van der Waals surface area contributed by atoms with Crippen molar-refractivity contribution in [3.05, 3.63) is 82.4 Å². The van der Waals surface area contributed by atoms with Gasteiger partial charge in [0.15, 0.2) is 0 Å². The lowest BCUT2D eigenvalue weighted by Gasteiger charge is -2.24. The number of hydrogen-bond donors (Lipinski definition) is 0. The number of rotatable bonds is 7. The number of carbonyl (C=O) groups excluding carboxylic acids is 1. The summed E-state index contributed by atoms with van der Waals surface area (Å²) in [6, 6.07) is 17.6. The lowest BCUT2D eigenvalue weighted by molar-refractivity contribution is 0.0709. The molecule has 0 aromatic heterocycles. The third-order valence-electron chi connectivity index (χ3n) is 5.71. The number of hydrogen-bond acceptors (Lipinski definition) is 6. The Morgan fingerprint density at radius 1 is 0.882 bits per heavy atom. The van der Waals surface area contributed by atoms with Crippen LogP contribution in [0.2, 0.25) is 5.02 Å². The van der Waals surface area contributed by atoms with Crippen LogP contribution in [-0.4, -0.2) is 45.1 Å². The maximum absolute atomic E-state index is 13.6. The van der Waals surface area contributed by atoms with Crippen molar-refractivity contribution in [1.82, 2.24) is 5.01 Å². The summed E-state index contributed by atoms with van der Waals surface area (Å²) in [6.45, 7) is 0. The summed E-state index contributed by atoms with van der Waals surface area (Å²) in [4.78, 5) is 13.6. The van der Waals surface area contributed by atoms with E-state index in [4.69, 9.17) is 35.6 Å². The Morgan fingerprint density at radius 2 is 1.56 bits per heavy atom. The minimum absolute atomic E-state index is 0.307. The van der Waals surface area contributed by atoms with Crippen LogP contribution < -0.4 is 18.9 Å². The monoisotopic (exact) mass is 480 g/mol. The third-order valence-corrected chi connectivity index (χ3v) is 6.04. The highest BCUT2D eigenvalue weighted by Crippen LogP contribution is 2.41. The van der Waals surface area contributed by atoms with Gasteiger partial charge in [0.1, 0.15) is 23.0 Å². The molecule has 3 aromatic rings. The van der Waals surface area contributed by atoms with Crippen LogP contribution in [0.4, 0.5) is 0 Å². The van der Waals surface area contributed by atoms with Crippen LogP contribution in [0.1, 0.15) is 33.9 Å². The molecule has 7 nitrogen and oxygen atoms in total. The molecule has 0 aliphatic carbocycles. The van der Waals surface area contributed by atoms with E-state index >= 15 is 0 Å². The molecule has 0 spiro atoms. The number of carbonyl (C=O) groups is 1. The van der Waals surface area contributed by atoms with Gasteiger partial charge < -0.3 is 18.9 Å². The molecule has 8 heteroatoms. The van der Waals surface area contributed by atoms with Crippen LogP contribution in [0.15, 0.2) is 65.8 Å². The molecule has 3 aromatic carbocycles. The molecule has 1 aliphatic rings. The molecule has 0 radical (unpaired) electrons. The largest absolute Gasteiger partial charge is 0.497 e. The van der Waals surface area contributed by atoms with Gasteiger partial charge in [0.25, 0.3) is 5.91 Å². The number of methoxy groups -OCH3 is 4. The number of hydrazone groups is 1. The highest BCUT2D eigenvalue weighted by atomic mass is 35.5. The van der Waals surface area contributed by atoms with Crippen molar-refractivity contribution in [1.29, 1.82) is 0 Å². The first kappa shape index (κ1) is 23.4. The van der Waals surface area contributed by atoms with E-state index in [2.05, 4.69) is 0 Å². The molecule has 0 N–H and O–H groups in total. The fraction of sp³-hybridized carbons (Fsp3) is 0.231. The smallest absolute Gasteiger partial charge is 0.276 e. The molecule has 0 saturated heterocycles. The second kappa shape index (κ2) is 10.1. The fourth-order valence-corrected chi connectivity index (χ4v) is 4.16. The fourth-order valence-electron chi connectivity index (χ4n) is 3.94. The van der Waals surface area contributed by atoms with Crippen molar-refractivity contribution in [2.24, 2.45) is 5.10 Å². The molecule has 1 unspecified atom stereocenters. The predicted molar refractivity (Wildman–Crippen MR) is 131 cm³/mol. The van der Waals surface area contributed by atoms with Crippen molar-refractivity contribution < 1.29 is 23.7 Å². The zero-order chi connectivity index (χ0) is 24.2. The Morgan fingerprint density at radius 3 is 2.18 bits per heavy atom. The van der Waals surface area contributed by atoms with Crippen molar-refractivity contribution >= 4 is 23.2 Å². The van der Waals surface area contributed by atoms with E-state index < -0.39 is 6.04 Å². The van der Waals surface area contributed by atoms with Crippen molar-refractivity contribution in [3.8, 4) is 23.0 Å². The average molecular weight is 481 g/mol. The van der Waals surface area contributed by atoms with Crippen LogP contribution >= 0.6 is 11.6 Å². The molecular weight excluding hydrogens is 456 g/mol. The molecule has 176 valence electrons. The van der Waals surface area contributed by atoms with Gasteiger partial charge in [-0.15, -0.1) is 0 Å². The molecular formula is C26H25ClN2O5. The van der Waals surface area contributed by atoms with Gasteiger partial charge in [-0.1, -0.05) is 23.7 Å². The topological polar surface area (TPSA) is 69.6 Å². The van der Waals surface area contributed by atoms with Gasteiger partial charge in [0.2, 0.25) is 0 Å². The average Bonchev–Trinajstić information content (AvgIpc) is 3.33. The first-order valence-electron chi connectivity index (χ1n) is 10.6. The Hall–Kier alpha value is -3.71. The molecule has 1 aliphatic heterocycles. The second-order valence-electron chi connectivity index (χ2n) is 7.61. The first-order chi connectivity index (χ1) is 16.5. The standard InChI is InChI=1S/C26H25ClN2O5/c1-31-17-9-10-21(25(14-17)34-4)24-15-23(16-11-18(32-2)13-19(12-16)33-3)28-29(24)26(30)20-7-5-6-8-22(20)27/h5-14,24H,15H2,1-4H3. The molecule has 1 atom stereocenters. The number of ether oxygens (including phenoxy) is 4. The molecule has 34 heavy (non-hydrogen) atoms. The summed E-state index contributed by atoms with van der Waals surface area (Å²) in [5, 5.41) is 6.57. The molecule has 0 bridgehead atoms. The quantitative estimate of drug-likeness (QED) is 0.455. The highest BCUT2D eigenvalue weighted by molar-refractivity contribution is 6.33. The highest BCUT2D eigenvalue weighted by Gasteiger charge is 2.36. The van der Waals surface area contributed by atoms with Crippen LogP contribution in [0.5, 0.6) is 23.0 Å². The number of halogens is 1. The molecule has 0 saturated carbocycles. The van der Waals surface area contributed by atoms with Gasteiger partial charge >= 0.3 is 0 Å². The second-order valence-corrected chi connectivity index (χ2v) is 8.01. The number of benzene rings is 3. The van der Waals surface area contributed by atoms with E-state index in [-0.39, 0.29) is 5.91 Å². The van der Waals surface area contributed by atoms with Crippen LogP contribution in [0, 0.1) is 0 Å². The van der Waals surface area contributed by atoms with Crippen LogP contribution in [0.25, 0.3) is 0 Å². The Kier molecular flexibility index (Phi) is 6.93. The SMILES string of the molecule is COc1cc(OC)cc(C2=NN(C(=O)c3ccccc3Cl)C(c3ccc(OC)cc3OC)C2)c1. The summed E-state index contributed by atoms with van der Waals surface area (Å²) in [5.41, 5.74) is 2.68. The van der Waals surface area contributed by atoms with E-state index in [1.807, 2.05) is 24.3 Å². The van der Waals surface area contributed by atoms with Gasteiger partial charge in [-0.2, -0.15) is 5.10 Å². The number of nitrogens with zero attached hydrogens (tertiary/aromatic N) is 2. The van der Waals surface area contributed by atoms with E-state index in [1.54, 1.807) is 64.8 Å². The van der Waals surface area contributed by atoms with Gasteiger partial charge in [-0.3, -0.25) is 4.79 Å². The van der Waals surface area contributed by atoms with Crippen LogP contribution in [-0.2, 0) is 0 Å². The summed E-state index contributed by atoms with van der Waals surface area (Å²) < 4.78 is 21.8.